The van der Waals surface area contributed by atoms with Crippen LogP contribution in [0.3, 0.4) is 0 Å². The van der Waals surface area contributed by atoms with E-state index in [0.717, 1.165) is 0 Å². The van der Waals surface area contributed by atoms with Gasteiger partial charge in [0.05, 0.1) is 5.92 Å². The van der Waals surface area contributed by atoms with Crippen molar-refractivity contribution in [2.24, 2.45) is 0 Å². The lowest BCUT2D eigenvalue weighted by Gasteiger charge is -2.19. The number of carbonyl (C=O) groups is 1. The average Bonchev–Trinajstić information content (AvgIpc) is 2.68. The Morgan fingerprint density at radius 2 is 2.12 bits per heavy atom. The molecule has 1 atom stereocenters. The molecule has 0 saturated heterocycles. The minimum Gasteiger partial charge on any atom is -0.368 e. The molecule has 1 heterocycles. The Labute approximate surface area is 102 Å². The van der Waals surface area contributed by atoms with Gasteiger partial charge < -0.3 is 9.26 Å². The lowest BCUT2D eigenvalue weighted by molar-refractivity contribution is -0.119. The van der Waals surface area contributed by atoms with Gasteiger partial charge in [-0.2, -0.15) is 4.98 Å². The molecule has 0 radical (unpaired) electrons. The van der Waals surface area contributed by atoms with Crippen LogP contribution in [-0.2, 0) is 15.1 Å². The first kappa shape index (κ1) is 13.8. The van der Waals surface area contributed by atoms with Crippen LogP contribution in [0.25, 0.3) is 0 Å². The Morgan fingerprint density at radius 1 is 1.47 bits per heavy atom. The van der Waals surface area contributed by atoms with Crippen molar-refractivity contribution in [1.29, 1.82) is 0 Å². The average molecular weight is 240 g/mol. The predicted octanol–water partition coefficient (Wildman–Crippen LogP) is 2.42. The zero-order chi connectivity index (χ0) is 13.1. The third-order valence-electron chi connectivity index (χ3n) is 2.68. The van der Waals surface area contributed by atoms with Crippen molar-refractivity contribution in [3.05, 3.63) is 11.7 Å². The van der Waals surface area contributed by atoms with Gasteiger partial charge in [0, 0.05) is 6.61 Å². The fourth-order valence-corrected chi connectivity index (χ4v) is 1.68. The summed E-state index contributed by atoms with van der Waals surface area (Å²) in [7, 11) is 0. The van der Waals surface area contributed by atoms with Gasteiger partial charge in [0.2, 0.25) is 11.7 Å². The maximum Gasteiger partial charge on any atom is 0.237 e. The van der Waals surface area contributed by atoms with E-state index in [-0.39, 0.29) is 11.7 Å². The fourth-order valence-electron chi connectivity index (χ4n) is 1.68. The third kappa shape index (κ3) is 3.12. The van der Waals surface area contributed by atoms with Gasteiger partial charge in [-0.25, -0.2) is 0 Å². The molecule has 5 heteroatoms. The molecule has 0 saturated carbocycles. The zero-order valence-corrected chi connectivity index (χ0v) is 11.1. The lowest BCUT2D eigenvalue weighted by Crippen LogP contribution is -2.23. The van der Waals surface area contributed by atoms with Gasteiger partial charge in [0.15, 0.2) is 0 Å². The van der Waals surface area contributed by atoms with Crippen LogP contribution >= 0.6 is 0 Å². The van der Waals surface area contributed by atoms with Gasteiger partial charge in [-0.3, -0.25) is 4.79 Å². The minimum absolute atomic E-state index is 0.0388. The highest BCUT2D eigenvalue weighted by molar-refractivity contribution is 5.82. The van der Waals surface area contributed by atoms with Gasteiger partial charge in [-0.1, -0.05) is 12.1 Å². The van der Waals surface area contributed by atoms with E-state index >= 15 is 0 Å². The summed E-state index contributed by atoms with van der Waals surface area (Å²) in [6.45, 7) is 9.68. The smallest absolute Gasteiger partial charge is 0.237 e. The van der Waals surface area contributed by atoms with E-state index < -0.39 is 5.60 Å². The summed E-state index contributed by atoms with van der Waals surface area (Å²) in [5, 5.41) is 3.89. The number of nitrogens with zero attached hydrogens (tertiary/aromatic N) is 2. The van der Waals surface area contributed by atoms with Crippen LogP contribution in [0.4, 0.5) is 0 Å². The molecule has 1 aromatic rings. The van der Waals surface area contributed by atoms with Crippen molar-refractivity contribution in [3.63, 3.8) is 0 Å². The van der Waals surface area contributed by atoms with E-state index in [1.165, 1.54) is 6.92 Å². The summed E-state index contributed by atoms with van der Waals surface area (Å²) in [4.78, 5) is 15.7. The third-order valence-corrected chi connectivity index (χ3v) is 2.68. The van der Waals surface area contributed by atoms with E-state index in [1.54, 1.807) is 0 Å². The second kappa shape index (κ2) is 5.40. The van der Waals surface area contributed by atoms with Crippen LogP contribution in [-0.4, -0.2) is 22.5 Å². The molecular formula is C12H20N2O3. The minimum atomic E-state index is -0.592. The highest BCUT2D eigenvalue weighted by Gasteiger charge is 2.29. The SMILES string of the molecule is CCOC(C)(C)c1noc(C(CC)C(C)=O)n1. The van der Waals surface area contributed by atoms with Crippen LogP contribution in [0.15, 0.2) is 4.52 Å². The van der Waals surface area contributed by atoms with E-state index in [4.69, 9.17) is 9.26 Å². The van der Waals surface area contributed by atoms with Gasteiger partial charge in [-0.05, 0) is 34.1 Å². The molecule has 5 nitrogen and oxygen atoms in total. The van der Waals surface area contributed by atoms with Crippen LogP contribution in [0.2, 0.25) is 0 Å². The highest BCUT2D eigenvalue weighted by Crippen LogP contribution is 2.25. The van der Waals surface area contributed by atoms with Crippen LogP contribution < -0.4 is 0 Å². The van der Waals surface area contributed by atoms with E-state index in [2.05, 4.69) is 10.1 Å². The molecule has 1 aromatic heterocycles. The van der Waals surface area contributed by atoms with Crippen molar-refractivity contribution in [3.8, 4) is 0 Å². The Hall–Kier alpha value is -1.23. The summed E-state index contributed by atoms with van der Waals surface area (Å²) in [6, 6.07) is 0. The molecule has 0 aliphatic rings. The molecule has 0 aliphatic heterocycles. The maximum atomic E-state index is 11.4. The topological polar surface area (TPSA) is 65.2 Å². The molecule has 0 amide bonds. The summed E-state index contributed by atoms with van der Waals surface area (Å²) in [5.74, 6) is 0.586. The summed E-state index contributed by atoms with van der Waals surface area (Å²) in [5.41, 5.74) is -0.592. The number of hydrogen-bond donors (Lipinski definition) is 0. The first-order valence-electron chi connectivity index (χ1n) is 5.90. The Kier molecular flexibility index (Phi) is 4.40. The number of ether oxygens (including phenoxy) is 1. The quantitative estimate of drug-likeness (QED) is 0.764. The molecular weight excluding hydrogens is 220 g/mol. The fraction of sp³-hybridized carbons (Fsp3) is 0.750. The van der Waals surface area contributed by atoms with Crippen molar-refractivity contribution in [2.45, 2.75) is 52.6 Å². The summed E-state index contributed by atoms with van der Waals surface area (Å²) < 4.78 is 10.7. The van der Waals surface area contributed by atoms with Gasteiger partial charge >= 0.3 is 0 Å². The Bertz CT molecular complexity index is 385. The van der Waals surface area contributed by atoms with Crippen molar-refractivity contribution >= 4 is 5.78 Å². The second-order valence-electron chi connectivity index (χ2n) is 4.47. The molecule has 0 aromatic carbocycles. The zero-order valence-electron chi connectivity index (χ0n) is 11.1. The van der Waals surface area contributed by atoms with Crippen molar-refractivity contribution in [1.82, 2.24) is 10.1 Å². The molecule has 96 valence electrons. The maximum absolute atomic E-state index is 11.4. The number of Topliss-reactive ketones (excluding diaryl/α,β-unsaturated/α-hetero) is 1. The van der Waals surface area contributed by atoms with Crippen LogP contribution in [0.5, 0.6) is 0 Å². The summed E-state index contributed by atoms with van der Waals surface area (Å²) in [6.07, 6.45) is 0.659. The largest absolute Gasteiger partial charge is 0.368 e. The molecule has 0 aliphatic carbocycles. The van der Waals surface area contributed by atoms with Crippen molar-refractivity contribution < 1.29 is 14.1 Å². The first-order valence-corrected chi connectivity index (χ1v) is 5.90. The predicted molar refractivity (Wildman–Crippen MR) is 62.7 cm³/mol. The van der Waals surface area contributed by atoms with Crippen LogP contribution in [0.1, 0.15) is 58.7 Å². The number of rotatable bonds is 6. The molecule has 1 rings (SSSR count). The van der Waals surface area contributed by atoms with E-state index in [9.17, 15) is 4.79 Å². The first-order chi connectivity index (χ1) is 7.92. The summed E-state index contributed by atoms with van der Waals surface area (Å²) >= 11 is 0. The number of hydrogen-bond acceptors (Lipinski definition) is 5. The van der Waals surface area contributed by atoms with Crippen molar-refractivity contribution in [2.75, 3.05) is 6.61 Å². The lowest BCUT2D eigenvalue weighted by atomic mass is 10.0. The normalized spacial score (nSPS) is 13.7. The van der Waals surface area contributed by atoms with Gasteiger partial charge in [0.25, 0.3) is 0 Å². The molecule has 0 spiro atoms. The monoisotopic (exact) mass is 240 g/mol. The number of carbonyl (C=O) groups excluding carboxylic acids is 1. The van der Waals surface area contributed by atoms with Gasteiger partial charge in [-0.15, -0.1) is 0 Å². The molecule has 1 unspecified atom stereocenters. The molecule has 0 bridgehead atoms. The molecule has 17 heavy (non-hydrogen) atoms. The second-order valence-corrected chi connectivity index (χ2v) is 4.47. The van der Waals surface area contributed by atoms with Crippen LogP contribution in [0, 0.1) is 0 Å². The Morgan fingerprint density at radius 3 is 2.59 bits per heavy atom. The molecule has 0 N–H and O–H groups in total. The standard InChI is InChI=1S/C12H20N2O3/c1-6-9(8(3)15)10-13-11(14-17-10)12(4,5)16-7-2/h9H,6-7H2,1-5H3. The number of aromatic nitrogens is 2. The number of ketones is 1. The highest BCUT2D eigenvalue weighted by atomic mass is 16.5. The molecule has 0 fully saturated rings. The van der Waals surface area contributed by atoms with E-state index in [0.29, 0.717) is 24.7 Å². The van der Waals surface area contributed by atoms with Gasteiger partial charge in [0.1, 0.15) is 11.4 Å². The van der Waals surface area contributed by atoms with E-state index in [1.807, 2.05) is 27.7 Å². The Balaban J connectivity index is 2.94.